The van der Waals surface area contributed by atoms with Crippen LogP contribution >= 0.6 is 0 Å². The van der Waals surface area contributed by atoms with Gasteiger partial charge in [0.05, 0.1) is 0 Å². The summed E-state index contributed by atoms with van der Waals surface area (Å²) >= 11 is 0.802. The van der Waals surface area contributed by atoms with Gasteiger partial charge in [0, 0.05) is 0 Å². The van der Waals surface area contributed by atoms with Crippen molar-refractivity contribution in [1.29, 1.82) is 0 Å². The minimum atomic E-state index is -0.295. The number of hydrogen-bond acceptors (Lipinski definition) is 3. The van der Waals surface area contributed by atoms with Gasteiger partial charge in [-0.1, -0.05) is 6.42 Å². The maximum atomic E-state index is 11.9. The first kappa shape index (κ1) is 15.4. The number of carbonyl (C=O) groups is 1. The van der Waals surface area contributed by atoms with Crippen LogP contribution in [0.1, 0.15) is 43.6 Å². The molecule has 3 N–H and O–H groups in total. The molecule has 1 saturated carbocycles. The molecule has 1 aliphatic rings. The second kappa shape index (κ2) is 7.21. The fourth-order valence-corrected chi connectivity index (χ4v) is 3.55. The van der Waals surface area contributed by atoms with Crippen LogP contribution in [0.15, 0.2) is 24.5 Å². The van der Waals surface area contributed by atoms with Crippen LogP contribution in [0.3, 0.4) is 0 Å². The van der Waals surface area contributed by atoms with Gasteiger partial charge in [-0.2, -0.15) is 0 Å². The molecule has 0 aromatic carbocycles. The predicted molar refractivity (Wildman–Crippen MR) is 86.7 cm³/mol. The van der Waals surface area contributed by atoms with Gasteiger partial charge in [-0.05, 0) is 0 Å². The fourth-order valence-electron chi connectivity index (χ4n) is 2.81. The number of carbonyl (C=O) groups excluding carboxylic acids is 1. The molecule has 1 aliphatic carbocycles. The Morgan fingerprint density at radius 2 is 2.00 bits per heavy atom. The van der Waals surface area contributed by atoms with E-state index < -0.39 is 0 Å². The monoisotopic (exact) mass is 492 g/mol. The molecule has 0 spiro atoms. The van der Waals surface area contributed by atoms with Crippen LogP contribution in [0, 0.1) is 0 Å². The number of nitrogens with one attached hydrogen (secondary N) is 3. The van der Waals surface area contributed by atoms with Crippen LogP contribution in [-0.4, -0.2) is 47.0 Å². The second-order valence-electron chi connectivity index (χ2n) is 5.55. The summed E-state index contributed by atoms with van der Waals surface area (Å²) in [6.45, 7) is 0. The predicted octanol–water partition coefficient (Wildman–Crippen LogP) is 2.29. The zero-order valence-corrected chi connectivity index (χ0v) is 16.1. The number of H-pyrrole nitrogens is 1. The second-order valence-corrected chi connectivity index (χ2v) is 7.49. The number of hydrogen-bond donors (Lipinski definition) is 3. The van der Waals surface area contributed by atoms with Crippen LogP contribution in [0.2, 0.25) is 0 Å². The SMILES string of the molecule is O=C(Nc1ccc(C2CCCCC2)cn1)Nc1cn[nH][c]1[Pb]. The van der Waals surface area contributed by atoms with Gasteiger partial charge in [0.25, 0.3) is 0 Å². The van der Waals surface area contributed by atoms with Crippen LogP contribution < -0.4 is 13.9 Å². The molecule has 0 saturated heterocycles. The summed E-state index contributed by atoms with van der Waals surface area (Å²) < 4.78 is 0.954. The molecule has 6 nitrogen and oxygen atoms in total. The zero-order chi connectivity index (χ0) is 15.4. The Morgan fingerprint density at radius 1 is 1.18 bits per heavy atom. The van der Waals surface area contributed by atoms with Crippen LogP contribution in [0.25, 0.3) is 0 Å². The van der Waals surface area contributed by atoms with E-state index in [2.05, 4.69) is 31.9 Å². The molecule has 0 aliphatic heterocycles. The minimum absolute atomic E-state index is 0.295. The summed E-state index contributed by atoms with van der Waals surface area (Å²) in [4.78, 5) is 16.3. The van der Waals surface area contributed by atoms with Crippen molar-refractivity contribution >= 4 is 46.6 Å². The average Bonchev–Trinajstić information content (AvgIpc) is 2.94. The number of rotatable bonds is 3. The summed E-state index contributed by atoms with van der Waals surface area (Å²) in [5.41, 5.74) is 2.00. The first-order chi connectivity index (χ1) is 10.7. The Bertz CT molecular complexity index is 634. The van der Waals surface area contributed by atoms with Gasteiger partial charge in [0.15, 0.2) is 0 Å². The molecule has 2 aromatic heterocycles. The molecular formula is C15H18N5OPb. The van der Waals surface area contributed by atoms with Crippen molar-refractivity contribution in [2.45, 2.75) is 38.0 Å². The van der Waals surface area contributed by atoms with Gasteiger partial charge in [-0.3, -0.25) is 0 Å². The van der Waals surface area contributed by atoms with Crippen LogP contribution in [0.5, 0.6) is 0 Å². The Hall–Kier alpha value is -1.45. The summed E-state index contributed by atoms with van der Waals surface area (Å²) in [6.07, 6.45) is 9.96. The Labute approximate surface area is 145 Å². The van der Waals surface area contributed by atoms with E-state index in [4.69, 9.17) is 0 Å². The molecule has 113 valence electrons. The van der Waals surface area contributed by atoms with Gasteiger partial charge >= 0.3 is 139 Å². The van der Waals surface area contributed by atoms with Crippen LogP contribution in [0.4, 0.5) is 16.3 Å². The van der Waals surface area contributed by atoms with E-state index in [-0.39, 0.29) is 6.03 Å². The number of aromatic nitrogens is 3. The van der Waals surface area contributed by atoms with Crippen LogP contribution in [-0.2, 0) is 0 Å². The Kier molecular flexibility index (Phi) is 5.06. The number of amides is 2. The Balaban J connectivity index is 1.58. The number of nitrogens with zero attached hydrogens (tertiary/aromatic N) is 2. The molecule has 0 bridgehead atoms. The number of pyridine rings is 1. The van der Waals surface area contributed by atoms with Gasteiger partial charge in [0.1, 0.15) is 0 Å². The van der Waals surface area contributed by atoms with Gasteiger partial charge in [-0.25, -0.2) is 0 Å². The van der Waals surface area contributed by atoms with Crippen molar-refractivity contribution in [3.63, 3.8) is 0 Å². The zero-order valence-electron chi connectivity index (χ0n) is 12.2. The van der Waals surface area contributed by atoms with Gasteiger partial charge in [-0.15, -0.1) is 0 Å². The number of aromatic amines is 1. The molecule has 22 heavy (non-hydrogen) atoms. The number of anilines is 2. The molecular weight excluding hydrogens is 473 g/mol. The standard InChI is InChI=1S/C15H18N5O.Pb/c21-15(19-13-9-17-18-10-13)20-14-7-6-12(8-16-14)11-4-2-1-3-5-11;/h6-9,11H,1-5H2,(H,17,18)(H2,16,19,20,21);. The molecule has 3 radical (unpaired) electrons. The summed E-state index contributed by atoms with van der Waals surface area (Å²) in [5, 5.41) is 12.2. The average molecular weight is 492 g/mol. The summed E-state index contributed by atoms with van der Waals surface area (Å²) in [5.74, 6) is 1.19. The molecule has 2 heterocycles. The first-order valence-corrected chi connectivity index (χ1v) is 9.45. The third-order valence-electron chi connectivity index (χ3n) is 3.99. The summed E-state index contributed by atoms with van der Waals surface area (Å²) in [6, 6.07) is 3.66. The topological polar surface area (TPSA) is 82.7 Å². The third kappa shape index (κ3) is 3.85. The first-order valence-electron chi connectivity index (χ1n) is 7.51. The molecule has 1 fully saturated rings. The van der Waals surface area contributed by atoms with Crippen molar-refractivity contribution in [2.24, 2.45) is 0 Å². The molecule has 3 rings (SSSR count). The van der Waals surface area contributed by atoms with E-state index >= 15 is 0 Å². The van der Waals surface area contributed by atoms with E-state index in [1.165, 1.54) is 37.7 Å². The molecule has 0 unspecified atom stereocenters. The van der Waals surface area contributed by atoms with Crippen molar-refractivity contribution < 1.29 is 4.79 Å². The van der Waals surface area contributed by atoms with Crippen molar-refractivity contribution in [2.75, 3.05) is 10.6 Å². The van der Waals surface area contributed by atoms with E-state index in [9.17, 15) is 4.79 Å². The van der Waals surface area contributed by atoms with Crippen molar-refractivity contribution in [3.05, 3.63) is 30.1 Å². The van der Waals surface area contributed by atoms with E-state index in [1.54, 1.807) is 6.20 Å². The molecule has 2 aromatic rings. The summed E-state index contributed by atoms with van der Waals surface area (Å²) in [7, 11) is 0. The quantitative estimate of drug-likeness (QED) is 0.577. The Morgan fingerprint density at radius 3 is 2.64 bits per heavy atom. The molecule has 7 heteroatoms. The van der Waals surface area contributed by atoms with Crippen molar-refractivity contribution in [1.82, 2.24) is 15.2 Å². The maximum absolute atomic E-state index is 11.9. The molecule has 2 amide bonds. The van der Waals surface area contributed by atoms with E-state index in [1.807, 2.05) is 12.3 Å². The van der Waals surface area contributed by atoms with Gasteiger partial charge in [0.2, 0.25) is 0 Å². The normalized spacial score (nSPS) is 15.5. The number of urea groups is 1. The van der Waals surface area contributed by atoms with E-state index in [0.29, 0.717) is 11.7 Å². The van der Waals surface area contributed by atoms with Crippen molar-refractivity contribution in [3.8, 4) is 0 Å². The third-order valence-corrected chi connectivity index (χ3v) is 5.47. The van der Waals surface area contributed by atoms with E-state index in [0.717, 1.165) is 34.7 Å². The molecule has 0 atom stereocenters. The fraction of sp³-hybridized carbons (Fsp3) is 0.400. The van der Waals surface area contributed by atoms with Gasteiger partial charge < -0.3 is 0 Å².